The molecule has 0 rings (SSSR count). The van der Waals surface area contributed by atoms with Crippen molar-refractivity contribution >= 4 is 0 Å². The molecule has 0 aliphatic rings. The van der Waals surface area contributed by atoms with Crippen molar-refractivity contribution in [1.82, 2.24) is 4.90 Å². The van der Waals surface area contributed by atoms with E-state index in [4.69, 9.17) is 0 Å². The van der Waals surface area contributed by atoms with Crippen LogP contribution >= 0.6 is 0 Å². The SMILES string of the molecule is CCCCN(CCCC)CCCC.[Ni+3]. The zero-order valence-corrected chi connectivity index (χ0v) is 11.1. The maximum absolute atomic E-state index is 2.64. The fourth-order valence-electron chi connectivity index (χ4n) is 1.48. The van der Waals surface area contributed by atoms with E-state index in [-0.39, 0.29) is 16.5 Å². The van der Waals surface area contributed by atoms with E-state index in [0.717, 1.165) is 0 Å². The van der Waals surface area contributed by atoms with Crippen molar-refractivity contribution < 1.29 is 16.5 Å². The Balaban J connectivity index is 0. The van der Waals surface area contributed by atoms with Crippen LogP contribution in [0, 0.1) is 0 Å². The van der Waals surface area contributed by atoms with Crippen LogP contribution in [0.1, 0.15) is 59.3 Å². The molecule has 0 aliphatic heterocycles. The molecule has 0 saturated heterocycles. The Morgan fingerprint density at radius 1 is 0.643 bits per heavy atom. The van der Waals surface area contributed by atoms with E-state index in [1.165, 1.54) is 58.2 Å². The standard InChI is InChI=1S/C12H27N.Ni/c1-4-7-10-13(11-8-5-2)12-9-6-3;/h4-12H2,1-3H3;/q;+3. The molecule has 0 heterocycles. The van der Waals surface area contributed by atoms with E-state index in [1.807, 2.05) is 0 Å². The van der Waals surface area contributed by atoms with Gasteiger partial charge in [-0.1, -0.05) is 40.0 Å². The molecule has 0 unspecified atom stereocenters. The molecular weight excluding hydrogens is 217 g/mol. The van der Waals surface area contributed by atoms with Crippen LogP contribution < -0.4 is 0 Å². The van der Waals surface area contributed by atoms with E-state index >= 15 is 0 Å². The summed E-state index contributed by atoms with van der Waals surface area (Å²) in [4.78, 5) is 2.64. The fourth-order valence-corrected chi connectivity index (χ4v) is 1.48. The molecule has 0 bridgehead atoms. The van der Waals surface area contributed by atoms with Crippen LogP contribution in [-0.4, -0.2) is 24.5 Å². The molecule has 2 heteroatoms. The number of rotatable bonds is 9. The summed E-state index contributed by atoms with van der Waals surface area (Å²) in [6, 6.07) is 0. The van der Waals surface area contributed by atoms with E-state index in [1.54, 1.807) is 0 Å². The maximum Gasteiger partial charge on any atom is 3.00 e. The Morgan fingerprint density at radius 3 is 1.14 bits per heavy atom. The third-order valence-electron chi connectivity index (χ3n) is 2.48. The summed E-state index contributed by atoms with van der Waals surface area (Å²) in [7, 11) is 0. The molecule has 0 aromatic rings. The van der Waals surface area contributed by atoms with Gasteiger partial charge in [-0.15, -0.1) is 0 Å². The fraction of sp³-hybridized carbons (Fsp3) is 1.00. The second kappa shape index (κ2) is 13.5. The number of unbranched alkanes of at least 4 members (excludes halogenated alkanes) is 3. The summed E-state index contributed by atoms with van der Waals surface area (Å²) in [5, 5.41) is 0. The summed E-state index contributed by atoms with van der Waals surface area (Å²) in [6.07, 6.45) is 8.09. The number of hydrogen-bond acceptors (Lipinski definition) is 1. The molecule has 0 aromatic carbocycles. The molecule has 1 radical (unpaired) electrons. The zero-order valence-electron chi connectivity index (χ0n) is 10.1. The van der Waals surface area contributed by atoms with Gasteiger partial charge in [0.1, 0.15) is 0 Å². The molecule has 0 saturated carbocycles. The molecule has 0 spiro atoms. The van der Waals surface area contributed by atoms with Crippen LogP contribution in [0.15, 0.2) is 0 Å². The molecule has 0 amide bonds. The van der Waals surface area contributed by atoms with E-state index in [9.17, 15) is 0 Å². The van der Waals surface area contributed by atoms with Crippen LogP contribution in [0.25, 0.3) is 0 Å². The van der Waals surface area contributed by atoms with Gasteiger partial charge >= 0.3 is 16.5 Å². The molecule has 0 N–H and O–H groups in total. The van der Waals surface area contributed by atoms with Crippen molar-refractivity contribution in [2.45, 2.75) is 59.3 Å². The first-order valence-corrected chi connectivity index (χ1v) is 6.07. The summed E-state index contributed by atoms with van der Waals surface area (Å²) < 4.78 is 0. The van der Waals surface area contributed by atoms with E-state index < -0.39 is 0 Å². The van der Waals surface area contributed by atoms with Crippen LogP contribution in [0.4, 0.5) is 0 Å². The maximum atomic E-state index is 2.64. The average molecular weight is 244 g/mol. The van der Waals surface area contributed by atoms with Crippen molar-refractivity contribution in [2.24, 2.45) is 0 Å². The van der Waals surface area contributed by atoms with Gasteiger partial charge in [-0.25, -0.2) is 0 Å². The number of hydrogen-bond donors (Lipinski definition) is 0. The molecule has 1 nitrogen and oxygen atoms in total. The summed E-state index contributed by atoms with van der Waals surface area (Å²) in [6.45, 7) is 10.8. The molecule has 0 fully saturated rings. The Morgan fingerprint density at radius 2 is 0.929 bits per heavy atom. The predicted molar refractivity (Wildman–Crippen MR) is 61.2 cm³/mol. The van der Waals surface area contributed by atoms with Gasteiger partial charge < -0.3 is 4.90 Å². The van der Waals surface area contributed by atoms with Gasteiger partial charge in [0.25, 0.3) is 0 Å². The molecular formula is C12H27NNi+3. The Hall–Kier alpha value is 0.454. The Kier molecular flexibility index (Phi) is 16.2. The molecule has 14 heavy (non-hydrogen) atoms. The minimum Gasteiger partial charge on any atom is -0.303 e. The monoisotopic (exact) mass is 243 g/mol. The van der Waals surface area contributed by atoms with E-state index in [2.05, 4.69) is 25.7 Å². The minimum atomic E-state index is 0. The largest absolute Gasteiger partial charge is 3.00 e. The molecule has 0 atom stereocenters. The normalized spacial score (nSPS) is 10.3. The average Bonchev–Trinajstić information content (AvgIpc) is 2.17. The third-order valence-corrected chi connectivity index (χ3v) is 2.48. The first kappa shape index (κ1) is 16.9. The van der Waals surface area contributed by atoms with Crippen molar-refractivity contribution in [3.8, 4) is 0 Å². The first-order chi connectivity index (χ1) is 6.35. The third kappa shape index (κ3) is 10.5. The van der Waals surface area contributed by atoms with Gasteiger partial charge in [0.15, 0.2) is 0 Å². The van der Waals surface area contributed by atoms with Crippen molar-refractivity contribution in [1.29, 1.82) is 0 Å². The summed E-state index contributed by atoms with van der Waals surface area (Å²) in [5.41, 5.74) is 0. The van der Waals surface area contributed by atoms with Gasteiger partial charge in [-0.2, -0.15) is 0 Å². The zero-order chi connectivity index (χ0) is 9.94. The Labute approximate surface area is 101 Å². The molecule has 0 aromatic heterocycles. The van der Waals surface area contributed by atoms with Crippen molar-refractivity contribution in [3.63, 3.8) is 0 Å². The Bertz CT molecular complexity index is 77.3. The summed E-state index contributed by atoms with van der Waals surface area (Å²) in [5.74, 6) is 0. The second-order valence-electron chi connectivity index (χ2n) is 3.90. The van der Waals surface area contributed by atoms with Crippen LogP contribution in [0.5, 0.6) is 0 Å². The molecule has 0 aliphatic carbocycles. The molecule has 87 valence electrons. The van der Waals surface area contributed by atoms with Gasteiger partial charge in [-0.3, -0.25) is 0 Å². The second-order valence-corrected chi connectivity index (χ2v) is 3.90. The minimum absolute atomic E-state index is 0. The van der Waals surface area contributed by atoms with E-state index in [0.29, 0.717) is 0 Å². The van der Waals surface area contributed by atoms with Crippen LogP contribution in [0.3, 0.4) is 0 Å². The van der Waals surface area contributed by atoms with Gasteiger partial charge in [-0.05, 0) is 38.9 Å². The first-order valence-electron chi connectivity index (χ1n) is 6.07. The van der Waals surface area contributed by atoms with Gasteiger partial charge in [0.2, 0.25) is 0 Å². The van der Waals surface area contributed by atoms with Crippen LogP contribution in [-0.2, 0) is 16.5 Å². The smallest absolute Gasteiger partial charge is 0.303 e. The quantitative estimate of drug-likeness (QED) is 0.559. The van der Waals surface area contributed by atoms with Crippen molar-refractivity contribution in [2.75, 3.05) is 19.6 Å². The van der Waals surface area contributed by atoms with Crippen LogP contribution in [0.2, 0.25) is 0 Å². The summed E-state index contributed by atoms with van der Waals surface area (Å²) >= 11 is 0. The predicted octanol–water partition coefficient (Wildman–Crippen LogP) is 3.69. The van der Waals surface area contributed by atoms with Gasteiger partial charge in [0.05, 0.1) is 0 Å². The van der Waals surface area contributed by atoms with Crippen molar-refractivity contribution in [3.05, 3.63) is 0 Å². The van der Waals surface area contributed by atoms with Gasteiger partial charge in [0, 0.05) is 0 Å². The number of nitrogens with zero attached hydrogens (tertiary/aromatic N) is 1. The topological polar surface area (TPSA) is 3.24 Å².